The van der Waals surface area contributed by atoms with Crippen molar-refractivity contribution in [2.75, 3.05) is 13.2 Å². The quantitative estimate of drug-likeness (QED) is 0.745. The first-order valence-corrected chi connectivity index (χ1v) is 7.65. The smallest absolute Gasteiger partial charge is 0.416 e. The molecule has 0 radical (unpaired) electrons. The van der Waals surface area contributed by atoms with Crippen molar-refractivity contribution in [2.24, 2.45) is 0 Å². The molecule has 25 heavy (non-hydrogen) atoms. The van der Waals surface area contributed by atoms with Crippen LogP contribution in [0.4, 0.5) is 13.2 Å². The number of ether oxygens (including phenoxy) is 3. The van der Waals surface area contributed by atoms with E-state index in [4.69, 9.17) is 25.8 Å². The number of carbonyl (C=O) groups is 1. The predicted molar refractivity (Wildman–Crippen MR) is 83.0 cm³/mol. The molecule has 0 unspecified atom stereocenters. The number of rotatable bonds is 3. The van der Waals surface area contributed by atoms with Crippen molar-refractivity contribution < 1.29 is 32.2 Å². The first-order valence-electron chi connectivity index (χ1n) is 7.27. The van der Waals surface area contributed by atoms with E-state index in [0.717, 1.165) is 18.2 Å². The minimum absolute atomic E-state index is 0.161. The van der Waals surface area contributed by atoms with Crippen LogP contribution >= 0.6 is 11.6 Å². The maximum atomic E-state index is 12.7. The molecule has 0 spiro atoms. The van der Waals surface area contributed by atoms with Crippen LogP contribution in [0.1, 0.15) is 21.5 Å². The number of esters is 1. The Kier molecular flexibility index (Phi) is 4.76. The molecule has 0 fully saturated rings. The van der Waals surface area contributed by atoms with E-state index in [0.29, 0.717) is 35.3 Å². The van der Waals surface area contributed by atoms with E-state index < -0.39 is 17.7 Å². The van der Waals surface area contributed by atoms with E-state index in [1.54, 1.807) is 12.1 Å². The summed E-state index contributed by atoms with van der Waals surface area (Å²) in [5, 5.41) is 0.308. The van der Waals surface area contributed by atoms with Crippen molar-refractivity contribution in [1.82, 2.24) is 0 Å². The highest BCUT2D eigenvalue weighted by Crippen LogP contribution is 2.38. The Morgan fingerprint density at radius 2 is 1.92 bits per heavy atom. The molecule has 0 aliphatic carbocycles. The number of fused-ring (bicyclic) bond motifs is 1. The highest BCUT2D eigenvalue weighted by atomic mass is 35.5. The summed E-state index contributed by atoms with van der Waals surface area (Å²) in [5.74, 6) is -0.0122. The molecule has 3 rings (SSSR count). The molecule has 0 amide bonds. The lowest BCUT2D eigenvalue weighted by Crippen LogP contribution is -2.16. The van der Waals surface area contributed by atoms with E-state index in [9.17, 15) is 18.0 Å². The third kappa shape index (κ3) is 3.99. The molecule has 1 heterocycles. The van der Waals surface area contributed by atoms with Gasteiger partial charge in [-0.1, -0.05) is 17.7 Å². The Hall–Kier alpha value is -2.41. The Morgan fingerprint density at radius 3 is 2.68 bits per heavy atom. The fourth-order valence-electron chi connectivity index (χ4n) is 2.30. The number of carbonyl (C=O) groups excluding carboxylic acids is 1. The van der Waals surface area contributed by atoms with Crippen LogP contribution in [-0.4, -0.2) is 19.2 Å². The lowest BCUT2D eigenvalue weighted by Gasteiger charge is -2.20. The zero-order valence-corrected chi connectivity index (χ0v) is 13.5. The van der Waals surface area contributed by atoms with Crippen LogP contribution < -0.4 is 9.47 Å². The highest BCUT2D eigenvalue weighted by Gasteiger charge is 2.31. The van der Waals surface area contributed by atoms with Gasteiger partial charge < -0.3 is 14.2 Å². The van der Waals surface area contributed by atoms with Gasteiger partial charge in [0.25, 0.3) is 0 Å². The minimum Gasteiger partial charge on any atom is -0.486 e. The zero-order valence-electron chi connectivity index (χ0n) is 12.7. The standard InChI is InChI=1S/C17H12ClF3O4/c18-13-6-10(7-14-15(13)24-5-4-23-14)9-25-16(22)11-2-1-3-12(8-11)17(19,20)21/h1-3,6-8H,4-5,9H2. The molecule has 0 saturated carbocycles. The van der Waals surface area contributed by atoms with Gasteiger partial charge in [-0.15, -0.1) is 0 Å². The largest absolute Gasteiger partial charge is 0.486 e. The normalized spacial score (nSPS) is 13.4. The van der Waals surface area contributed by atoms with E-state index in [-0.39, 0.29) is 12.2 Å². The molecule has 0 bridgehead atoms. The van der Waals surface area contributed by atoms with Crippen molar-refractivity contribution in [1.29, 1.82) is 0 Å². The molecule has 132 valence electrons. The van der Waals surface area contributed by atoms with Gasteiger partial charge in [0.15, 0.2) is 11.5 Å². The fourth-order valence-corrected chi connectivity index (χ4v) is 2.59. The van der Waals surface area contributed by atoms with Gasteiger partial charge in [-0.2, -0.15) is 13.2 Å². The summed E-state index contributed by atoms with van der Waals surface area (Å²) in [5.41, 5.74) is -0.558. The Morgan fingerprint density at radius 1 is 1.16 bits per heavy atom. The predicted octanol–water partition coefficient (Wildman–Crippen LogP) is 4.49. The average Bonchev–Trinajstić information content (AvgIpc) is 2.59. The summed E-state index contributed by atoms with van der Waals surface area (Å²) in [6.45, 7) is 0.596. The summed E-state index contributed by atoms with van der Waals surface area (Å²) in [7, 11) is 0. The van der Waals surface area contributed by atoms with E-state index in [2.05, 4.69) is 0 Å². The van der Waals surface area contributed by atoms with Crippen LogP contribution in [0.2, 0.25) is 5.02 Å². The molecule has 1 aliphatic rings. The van der Waals surface area contributed by atoms with E-state index in [1.807, 2.05) is 0 Å². The fraction of sp³-hybridized carbons (Fsp3) is 0.235. The van der Waals surface area contributed by atoms with Gasteiger partial charge >= 0.3 is 12.1 Å². The van der Waals surface area contributed by atoms with Crippen molar-refractivity contribution in [3.8, 4) is 11.5 Å². The Labute approximate surface area is 146 Å². The number of halogens is 4. The number of benzene rings is 2. The number of hydrogen-bond donors (Lipinski definition) is 0. The molecule has 4 nitrogen and oxygen atoms in total. The van der Waals surface area contributed by atoms with E-state index in [1.165, 1.54) is 6.07 Å². The second-order valence-corrected chi connectivity index (χ2v) is 5.66. The van der Waals surface area contributed by atoms with Crippen LogP contribution in [0.25, 0.3) is 0 Å². The summed E-state index contributed by atoms with van der Waals surface area (Å²) in [4.78, 5) is 12.0. The summed E-state index contributed by atoms with van der Waals surface area (Å²) >= 11 is 6.08. The maximum Gasteiger partial charge on any atom is 0.416 e. The van der Waals surface area contributed by atoms with Gasteiger partial charge in [0.2, 0.25) is 0 Å². The monoisotopic (exact) mass is 372 g/mol. The number of hydrogen-bond acceptors (Lipinski definition) is 4. The lowest BCUT2D eigenvalue weighted by molar-refractivity contribution is -0.137. The van der Waals surface area contributed by atoms with Gasteiger partial charge in [-0.25, -0.2) is 4.79 Å². The maximum absolute atomic E-state index is 12.7. The summed E-state index contributed by atoms with van der Waals surface area (Å²) < 4.78 is 53.9. The van der Waals surface area contributed by atoms with Gasteiger partial charge in [0.1, 0.15) is 19.8 Å². The molecule has 1 aliphatic heterocycles. The van der Waals surface area contributed by atoms with Crippen molar-refractivity contribution >= 4 is 17.6 Å². The molecule has 0 atom stereocenters. The van der Waals surface area contributed by atoms with Gasteiger partial charge in [-0.05, 0) is 35.9 Å². The van der Waals surface area contributed by atoms with Crippen molar-refractivity contribution in [3.05, 3.63) is 58.1 Å². The second-order valence-electron chi connectivity index (χ2n) is 5.26. The molecular formula is C17H12ClF3O4. The first kappa shape index (κ1) is 17.4. The van der Waals surface area contributed by atoms with Crippen LogP contribution in [0, 0.1) is 0 Å². The molecule has 0 aromatic heterocycles. The molecule has 8 heteroatoms. The third-order valence-electron chi connectivity index (χ3n) is 3.45. The van der Waals surface area contributed by atoms with E-state index >= 15 is 0 Å². The van der Waals surface area contributed by atoms with Gasteiger partial charge in [0, 0.05) is 0 Å². The third-order valence-corrected chi connectivity index (χ3v) is 3.73. The van der Waals surface area contributed by atoms with Crippen LogP contribution in [0.15, 0.2) is 36.4 Å². The highest BCUT2D eigenvalue weighted by molar-refractivity contribution is 6.32. The van der Waals surface area contributed by atoms with Crippen molar-refractivity contribution in [3.63, 3.8) is 0 Å². The minimum atomic E-state index is -4.53. The topological polar surface area (TPSA) is 44.8 Å². The first-order chi connectivity index (χ1) is 11.8. The number of alkyl halides is 3. The van der Waals surface area contributed by atoms with Crippen LogP contribution in [0.3, 0.4) is 0 Å². The lowest BCUT2D eigenvalue weighted by atomic mass is 10.1. The molecule has 2 aromatic carbocycles. The molecular weight excluding hydrogens is 361 g/mol. The summed E-state index contributed by atoms with van der Waals surface area (Å²) in [6, 6.07) is 7.21. The summed E-state index contributed by atoms with van der Waals surface area (Å²) in [6.07, 6.45) is -4.53. The zero-order chi connectivity index (χ0) is 18.0. The molecule has 0 N–H and O–H groups in total. The Balaban J connectivity index is 1.72. The van der Waals surface area contributed by atoms with Gasteiger partial charge in [-0.3, -0.25) is 0 Å². The molecule has 2 aromatic rings. The average molecular weight is 373 g/mol. The van der Waals surface area contributed by atoms with Crippen molar-refractivity contribution in [2.45, 2.75) is 12.8 Å². The Bertz CT molecular complexity index is 805. The van der Waals surface area contributed by atoms with Gasteiger partial charge in [0.05, 0.1) is 16.1 Å². The molecule has 0 saturated heterocycles. The van der Waals surface area contributed by atoms with Crippen LogP contribution in [-0.2, 0) is 17.5 Å². The second kappa shape index (κ2) is 6.84. The van der Waals surface area contributed by atoms with Crippen LogP contribution in [0.5, 0.6) is 11.5 Å². The SMILES string of the molecule is O=C(OCc1cc(Cl)c2c(c1)OCCO2)c1cccc(C(F)(F)F)c1.